The van der Waals surface area contributed by atoms with Gasteiger partial charge in [0.2, 0.25) is 5.76 Å². The highest BCUT2D eigenvalue weighted by molar-refractivity contribution is 7.10. The monoisotopic (exact) mass is 401 g/mol. The molecule has 0 unspecified atom stereocenters. The maximum Gasteiger partial charge on any atom is 0.294 e. The highest BCUT2D eigenvalue weighted by Crippen LogP contribution is 2.28. The van der Waals surface area contributed by atoms with E-state index in [9.17, 15) is 4.79 Å². The summed E-state index contributed by atoms with van der Waals surface area (Å²) in [6.07, 6.45) is 1.08. The predicted octanol–water partition coefficient (Wildman–Crippen LogP) is 5.22. The van der Waals surface area contributed by atoms with Crippen LogP contribution in [0.15, 0.2) is 76.6 Å². The van der Waals surface area contributed by atoms with Gasteiger partial charge in [-0.25, -0.2) is 0 Å². The van der Waals surface area contributed by atoms with E-state index in [1.807, 2.05) is 65.9 Å². The first-order valence-electron chi connectivity index (χ1n) is 9.50. The van der Waals surface area contributed by atoms with Gasteiger partial charge < -0.3 is 14.7 Å². The molecule has 0 fully saturated rings. The van der Waals surface area contributed by atoms with Crippen LogP contribution < -0.4 is 10.2 Å². The first kappa shape index (κ1) is 17.7. The van der Waals surface area contributed by atoms with Crippen molar-refractivity contribution in [2.24, 2.45) is 0 Å². The molecule has 2 aromatic carbocycles. The molecular weight excluding hydrogens is 382 g/mol. The maximum absolute atomic E-state index is 12.5. The lowest BCUT2D eigenvalue weighted by Crippen LogP contribution is -2.29. The SMILES string of the molecule is O=C(Nc1ccc(N2CCc3sccc3C2)cc1)c1cc(-c2ccccc2)no1. The molecule has 144 valence electrons. The second-order valence-electron chi connectivity index (χ2n) is 6.98. The zero-order valence-corrected chi connectivity index (χ0v) is 16.5. The van der Waals surface area contributed by atoms with E-state index in [0.717, 1.165) is 36.4 Å². The largest absolute Gasteiger partial charge is 0.367 e. The number of rotatable bonds is 4. The fourth-order valence-corrected chi connectivity index (χ4v) is 4.43. The third kappa shape index (κ3) is 3.67. The molecular formula is C23H19N3O2S. The second-order valence-corrected chi connectivity index (χ2v) is 7.98. The van der Waals surface area contributed by atoms with Crippen molar-refractivity contribution in [2.45, 2.75) is 13.0 Å². The Kier molecular flexibility index (Phi) is 4.62. The third-order valence-corrected chi connectivity index (χ3v) is 6.12. The predicted molar refractivity (Wildman–Crippen MR) is 115 cm³/mol. The van der Waals surface area contributed by atoms with Crippen LogP contribution in [0.3, 0.4) is 0 Å². The van der Waals surface area contributed by atoms with E-state index in [0.29, 0.717) is 5.69 Å². The topological polar surface area (TPSA) is 58.4 Å². The average molecular weight is 401 g/mol. The number of nitrogens with one attached hydrogen (secondary N) is 1. The Morgan fingerprint density at radius 1 is 1.07 bits per heavy atom. The maximum atomic E-state index is 12.5. The van der Waals surface area contributed by atoms with Crippen LogP contribution in [0, 0.1) is 0 Å². The van der Waals surface area contributed by atoms with Crippen LogP contribution in [0.4, 0.5) is 11.4 Å². The molecule has 29 heavy (non-hydrogen) atoms. The molecule has 0 spiro atoms. The lowest BCUT2D eigenvalue weighted by atomic mass is 10.1. The number of carbonyl (C=O) groups is 1. The number of nitrogens with zero attached hydrogens (tertiary/aromatic N) is 2. The number of hydrogen-bond donors (Lipinski definition) is 1. The summed E-state index contributed by atoms with van der Waals surface area (Å²) >= 11 is 1.84. The Morgan fingerprint density at radius 2 is 1.90 bits per heavy atom. The molecule has 1 N–H and O–H groups in total. The lowest BCUT2D eigenvalue weighted by molar-refractivity contribution is 0.0988. The van der Waals surface area contributed by atoms with E-state index in [1.165, 1.54) is 10.4 Å². The van der Waals surface area contributed by atoms with Crippen LogP contribution in [0.1, 0.15) is 21.0 Å². The Morgan fingerprint density at radius 3 is 2.72 bits per heavy atom. The van der Waals surface area contributed by atoms with E-state index >= 15 is 0 Å². The summed E-state index contributed by atoms with van der Waals surface area (Å²) in [6.45, 7) is 1.95. The minimum Gasteiger partial charge on any atom is -0.367 e. The van der Waals surface area contributed by atoms with Crippen molar-refractivity contribution in [1.82, 2.24) is 5.16 Å². The highest BCUT2D eigenvalue weighted by Gasteiger charge is 2.18. The van der Waals surface area contributed by atoms with Crippen LogP contribution in [-0.4, -0.2) is 17.6 Å². The molecule has 5 rings (SSSR count). The number of anilines is 2. The molecule has 1 amide bonds. The molecule has 0 saturated carbocycles. The molecule has 0 bridgehead atoms. The zero-order chi connectivity index (χ0) is 19.6. The van der Waals surface area contributed by atoms with Gasteiger partial charge in [0.1, 0.15) is 5.69 Å². The molecule has 4 aromatic rings. The smallest absolute Gasteiger partial charge is 0.294 e. The summed E-state index contributed by atoms with van der Waals surface area (Å²) in [5, 5.41) is 9.04. The van der Waals surface area contributed by atoms with E-state index in [-0.39, 0.29) is 11.7 Å². The molecule has 1 aliphatic rings. The minimum absolute atomic E-state index is 0.189. The Labute approximate surface area is 172 Å². The Bertz CT molecular complexity index is 1130. The Hall–Kier alpha value is -3.38. The van der Waals surface area contributed by atoms with Gasteiger partial charge >= 0.3 is 0 Å². The van der Waals surface area contributed by atoms with E-state index in [4.69, 9.17) is 4.52 Å². The van der Waals surface area contributed by atoms with Gasteiger partial charge in [0.15, 0.2) is 0 Å². The molecule has 0 saturated heterocycles. The second kappa shape index (κ2) is 7.56. The summed E-state index contributed by atoms with van der Waals surface area (Å²) in [6, 6.07) is 21.4. The summed E-state index contributed by atoms with van der Waals surface area (Å²) < 4.78 is 5.23. The van der Waals surface area contributed by atoms with Crippen LogP contribution in [0.25, 0.3) is 11.3 Å². The standard InChI is InChI=1S/C23H19N3O2S/c27-23(21-14-20(25-28-21)16-4-2-1-3-5-16)24-18-6-8-19(9-7-18)26-12-10-22-17(15-26)11-13-29-22/h1-9,11,13-14H,10,12,15H2,(H,24,27). The van der Waals surface area contributed by atoms with Crippen LogP contribution in [-0.2, 0) is 13.0 Å². The minimum atomic E-state index is -0.312. The van der Waals surface area contributed by atoms with E-state index < -0.39 is 0 Å². The molecule has 0 aliphatic carbocycles. The van der Waals surface area contributed by atoms with E-state index in [2.05, 4.69) is 26.8 Å². The van der Waals surface area contributed by atoms with Gasteiger partial charge in [-0.2, -0.15) is 0 Å². The molecule has 6 heteroatoms. The van der Waals surface area contributed by atoms with Gasteiger partial charge in [-0.3, -0.25) is 4.79 Å². The molecule has 3 heterocycles. The fourth-order valence-electron chi connectivity index (χ4n) is 3.54. The summed E-state index contributed by atoms with van der Waals surface area (Å²) in [4.78, 5) is 16.4. The molecule has 0 radical (unpaired) electrons. The normalized spacial score (nSPS) is 13.2. The van der Waals surface area contributed by atoms with Crippen molar-refractivity contribution >= 4 is 28.6 Å². The highest BCUT2D eigenvalue weighted by atomic mass is 32.1. The number of carbonyl (C=O) groups excluding carboxylic acids is 1. The van der Waals surface area contributed by atoms with Crippen molar-refractivity contribution in [3.05, 3.63) is 88.3 Å². The molecule has 1 aliphatic heterocycles. The van der Waals surface area contributed by atoms with Crippen LogP contribution in [0.5, 0.6) is 0 Å². The number of amides is 1. The fraction of sp³-hybridized carbons (Fsp3) is 0.130. The quantitative estimate of drug-likeness (QED) is 0.509. The lowest BCUT2D eigenvalue weighted by Gasteiger charge is -2.29. The summed E-state index contributed by atoms with van der Waals surface area (Å²) in [7, 11) is 0. The van der Waals surface area contributed by atoms with Crippen LogP contribution >= 0.6 is 11.3 Å². The summed E-state index contributed by atoms with van der Waals surface area (Å²) in [5.74, 6) is -0.123. The number of aromatic nitrogens is 1. The van der Waals surface area contributed by atoms with Gasteiger partial charge in [0, 0.05) is 41.0 Å². The number of fused-ring (bicyclic) bond motifs is 1. The van der Waals surface area contributed by atoms with Crippen molar-refractivity contribution in [1.29, 1.82) is 0 Å². The Balaban J connectivity index is 1.26. The van der Waals surface area contributed by atoms with Gasteiger partial charge in [0.25, 0.3) is 5.91 Å². The first-order valence-corrected chi connectivity index (χ1v) is 10.4. The van der Waals surface area contributed by atoms with Crippen molar-refractivity contribution < 1.29 is 9.32 Å². The number of hydrogen-bond acceptors (Lipinski definition) is 5. The van der Waals surface area contributed by atoms with Gasteiger partial charge in [0.05, 0.1) is 0 Å². The molecule has 2 aromatic heterocycles. The number of benzene rings is 2. The average Bonchev–Trinajstić information content (AvgIpc) is 3.44. The van der Waals surface area contributed by atoms with Crippen molar-refractivity contribution in [2.75, 3.05) is 16.8 Å². The van der Waals surface area contributed by atoms with Crippen molar-refractivity contribution in [3.8, 4) is 11.3 Å². The molecule has 5 nitrogen and oxygen atoms in total. The zero-order valence-electron chi connectivity index (χ0n) is 15.7. The third-order valence-electron chi connectivity index (χ3n) is 5.10. The van der Waals surface area contributed by atoms with E-state index in [1.54, 1.807) is 6.07 Å². The molecule has 0 atom stereocenters. The summed E-state index contributed by atoms with van der Waals surface area (Å²) in [5.41, 5.74) is 4.85. The van der Waals surface area contributed by atoms with Crippen molar-refractivity contribution in [3.63, 3.8) is 0 Å². The first-order chi connectivity index (χ1) is 14.3. The van der Waals surface area contributed by atoms with Crippen LogP contribution in [0.2, 0.25) is 0 Å². The van der Waals surface area contributed by atoms with Gasteiger partial charge in [-0.05, 0) is 47.7 Å². The van der Waals surface area contributed by atoms with Gasteiger partial charge in [-0.1, -0.05) is 35.5 Å². The number of thiophene rings is 1. The van der Waals surface area contributed by atoms with Gasteiger partial charge in [-0.15, -0.1) is 11.3 Å².